The van der Waals surface area contributed by atoms with Crippen molar-refractivity contribution in [3.05, 3.63) is 35.9 Å². The van der Waals surface area contributed by atoms with Crippen LogP contribution in [0.1, 0.15) is 61.7 Å². The van der Waals surface area contributed by atoms with Crippen molar-refractivity contribution in [2.75, 3.05) is 12.3 Å². The first kappa shape index (κ1) is 19.9. The van der Waals surface area contributed by atoms with Gasteiger partial charge in [-0.25, -0.2) is 4.98 Å². The number of thioether (sulfide) groups is 1. The summed E-state index contributed by atoms with van der Waals surface area (Å²) in [5, 5.41) is 4.70. The van der Waals surface area contributed by atoms with Gasteiger partial charge in [0.1, 0.15) is 0 Å². The van der Waals surface area contributed by atoms with E-state index in [0.717, 1.165) is 48.2 Å². The molecule has 1 N–H and O–H groups in total. The molecule has 2 atom stereocenters. The Morgan fingerprint density at radius 1 is 1.07 bits per heavy atom. The predicted octanol–water partition coefficient (Wildman–Crippen LogP) is 4.40. The average Bonchev–Trinajstić information content (AvgIpc) is 3.60. The summed E-state index contributed by atoms with van der Waals surface area (Å²) in [4.78, 5) is 32.7. The number of rotatable bonds is 5. The minimum atomic E-state index is -0.0367. The number of carbonyl (C=O) groups excluding carboxylic acids is 2. The van der Waals surface area contributed by atoms with Crippen LogP contribution in [0.3, 0.4) is 0 Å². The molecule has 2 amide bonds. The average molecular weight is 424 g/mol. The Morgan fingerprint density at radius 3 is 2.73 bits per heavy atom. The van der Waals surface area contributed by atoms with Crippen molar-refractivity contribution in [3.63, 3.8) is 0 Å². The van der Waals surface area contributed by atoms with Crippen LogP contribution in [0.4, 0.5) is 0 Å². The highest BCUT2D eigenvalue weighted by Crippen LogP contribution is 2.36. The number of nitrogens with zero attached hydrogens (tertiary/aromatic N) is 2. The second-order valence-electron chi connectivity index (χ2n) is 8.90. The number of nitrogens with one attached hydrogen (secondary N) is 1. The number of amides is 2. The van der Waals surface area contributed by atoms with Crippen LogP contribution >= 0.6 is 11.8 Å². The van der Waals surface area contributed by atoms with Gasteiger partial charge in [-0.05, 0) is 56.6 Å². The Balaban J connectivity index is 1.32. The molecule has 5 rings (SSSR count). The van der Waals surface area contributed by atoms with Crippen LogP contribution in [0.5, 0.6) is 0 Å². The van der Waals surface area contributed by atoms with Gasteiger partial charge in [0.15, 0.2) is 0 Å². The number of hydrogen-bond donors (Lipinski definition) is 1. The molecular formula is C24H29N3O2S. The summed E-state index contributed by atoms with van der Waals surface area (Å²) >= 11 is 1.46. The highest BCUT2D eigenvalue weighted by molar-refractivity contribution is 7.99. The molecule has 3 aliphatic rings. The van der Waals surface area contributed by atoms with Gasteiger partial charge < -0.3 is 10.2 Å². The van der Waals surface area contributed by atoms with Gasteiger partial charge in [0, 0.05) is 24.0 Å². The summed E-state index contributed by atoms with van der Waals surface area (Å²) in [6.45, 7) is 0.890. The van der Waals surface area contributed by atoms with Crippen molar-refractivity contribution < 1.29 is 9.59 Å². The largest absolute Gasteiger partial charge is 0.349 e. The third-order valence-electron chi connectivity index (χ3n) is 6.76. The Bertz CT molecular complexity index is 957. The van der Waals surface area contributed by atoms with Crippen LogP contribution in [0, 0.1) is 5.92 Å². The molecule has 1 aliphatic heterocycles. The Kier molecular flexibility index (Phi) is 5.68. The van der Waals surface area contributed by atoms with E-state index in [1.54, 1.807) is 0 Å². The molecule has 6 heteroatoms. The van der Waals surface area contributed by atoms with Crippen LogP contribution < -0.4 is 5.32 Å². The first-order valence-electron chi connectivity index (χ1n) is 11.3. The SMILES string of the molecule is O=C(NC1CC1)c1cc(SCC(=O)N2CCCC3CCCCC32)nc2ccccc12. The van der Waals surface area contributed by atoms with Gasteiger partial charge in [0.25, 0.3) is 5.91 Å². The van der Waals surface area contributed by atoms with Crippen molar-refractivity contribution in [1.82, 2.24) is 15.2 Å². The number of aromatic nitrogens is 1. The molecule has 2 heterocycles. The van der Waals surface area contributed by atoms with Crippen LogP contribution in [0.25, 0.3) is 10.9 Å². The molecule has 2 unspecified atom stereocenters. The van der Waals surface area contributed by atoms with Gasteiger partial charge >= 0.3 is 0 Å². The number of fused-ring (bicyclic) bond motifs is 2. The van der Waals surface area contributed by atoms with Crippen LogP contribution in [-0.4, -0.2) is 46.1 Å². The van der Waals surface area contributed by atoms with Crippen LogP contribution in [-0.2, 0) is 4.79 Å². The highest BCUT2D eigenvalue weighted by Gasteiger charge is 2.35. The number of pyridine rings is 1. The standard InChI is InChI=1S/C24H29N3O2S/c28-23(27-13-5-7-16-6-1-4-10-21(16)27)15-30-22-14-19(24(29)25-17-11-12-17)18-8-2-3-9-20(18)26-22/h2-3,8-9,14,16-17,21H,1,4-7,10-13,15H2,(H,25,29). The Labute approximate surface area is 182 Å². The summed E-state index contributed by atoms with van der Waals surface area (Å²) in [7, 11) is 0. The topological polar surface area (TPSA) is 62.3 Å². The van der Waals surface area contributed by atoms with E-state index in [4.69, 9.17) is 4.98 Å². The number of hydrogen-bond acceptors (Lipinski definition) is 4. The molecule has 0 spiro atoms. The molecular weight excluding hydrogens is 394 g/mol. The Morgan fingerprint density at radius 2 is 1.87 bits per heavy atom. The van der Waals surface area contributed by atoms with Gasteiger partial charge in [-0.1, -0.05) is 42.8 Å². The minimum Gasteiger partial charge on any atom is -0.349 e. The molecule has 158 valence electrons. The van der Waals surface area contributed by atoms with Crippen molar-refractivity contribution in [2.45, 2.75) is 68.5 Å². The first-order chi connectivity index (χ1) is 14.7. The van der Waals surface area contributed by atoms with E-state index in [2.05, 4.69) is 10.2 Å². The predicted molar refractivity (Wildman–Crippen MR) is 120 cm³/mol. The lowest BCUT2D eigenvalue weighted by Crippen LogP contribution is -2.50. The Hall–Kier alpha value is -2.08. The second kappa shape index (κ2) is 8.58. The molecule has 1 saturated heterocycles. The maximum atomic E-state index is 13.1. The van der Waals surface area contributed by atoms with Gasteiger partial charge in [-0.2, -0.15) is 0 Å². The zero-order valence-corrected chi connectivity index (χ0v) is 18.1. The fraction of sp³-hybridized carbons (Fsp3) is 0.542. The van der Waals surface area contributed by atoms with E-state index in [-0.39, 0.29) is 11.8 Å². The van der Waals surface area contributed by atoms with E-state index in [0.29, 0.717) is 29.3 Å². The van der Waals surface area contributed by atoms with E-state index in [9.17, 15) is 9.59 Å². The smallest absolute Gasteiger partial charge is 0.252 e. The molecule has 1 aromatic heterocycles. The quantitative estimate of drug-likeness (QED) is 0.724. The molecule has 0 bridgehead atoms. The number of piperidine rings is 1. The number of para-hydroxylation sites is 1. The monoisotopic (exact) mass is 423 g/mol. The van der Waals surface area contributed by atoms with Gasteiger partial charge in [-0.15, -0.1) is 0 Å². The zero-order valence-electron chi connectivity index (χ0n) is 17.3. The normalized spacial score (nSPS) is 23.8. The maximum absolute atomic E-state index is 13.1. The van der Waals surface area contributed by atoms with Crippen LogP contribution in [0.2, 0.25) is 0 Å². The van der Waals surface area contributed by atoms with E-state index in [1.165, 1.54) is 37.4 Å². The lowest BCUT2D eigenvalue weighted by Gasteiger charge is -2.44. The first-order valence-corrected chi connectivity index (χ1v) is 12.3. The van der Waals surface area contributed by atoms with Gasteiger partial charge in [0.05, 0.1) is 21.9 Å². The highest BCUT2D eigenvalue weighted by atomic mass is 32.2. The molecule has 2 saturated carbocycles. The third-order valence-corrected chi connectivity index (χ3v) is 7.65. The summed E-state index contributed by atoms with van der Waals surface area (Å²) < 4.78 is 0. The minimum absolute atomic E-state index is 0.0367. The lowest BCUT2D eigenvalue weighted by atomic mass is 9.78. The molecule has 2 aliphatic carbocycles. The van der Waals surface area contributed by atoms with Crippen molar-refractivity contribution in [2.24, 2.45) is 5.92 Å². The summed E-state index contributed by atoms with van der Waals surface area (Å²) in [6, 6.07) is 10.4. The maximum Gasteiger partial charge on any atom is 0.252 e. The third kappa shape index (κ3) is 4.20. The molecule has 1 aromatic carbocycles. The van der Waals surface area contributed by atoms with Gasteiger partial charge in [-0.3, -0.25) is 9.59 Å². The number of carbonyl (C=O) groups is 2. The van der Waals surface area contributed by atoms with Crippen molar-refractivity contribution in [3.8, 4) is 0 Å². The molecule has 3 fully saturated rings. The van der Waals surface area contributed by atoms with Crippen LogP contribution in [0.15, 0.2) is 35.4 Å². The lowest BCUT2D eigenvalue weighted by molar-refractivity contribution is -0.134. The summed E-state index contributed by atoms with van der Waals surface area (Å²) in [5.74, 6) is 1.26. The molecule has 2 aromatic rings. The van der Waals surface area contributed by atoms with E-state index >= 15 is 0 Å². The van der Waals surface area contributed by atoms with Crippen molar-refractivity contribution >= 4 is 34.5 Å². The van der Waals surface area contributed by atoms with E-state index < -0.39 is 0 Å². The second-order valence-corrected chi connectivity index (χ2v) is 9.90. The summed E-state index contributed by atoms with van der Waals surface area (Å²) in [5.41, 5.74) is 1.47. The van der Waals surface area contributed by atoms with E-state index in [1.807, 2.05) is 30.3 Å². The summed E-state index contributed by atoms with van der Waals surface area (Å²) in [6.07, 6.45) is 9.48. The zero-order chi connectivity index (χ0) is 20.5. The molecule has 5 nitrogen and oxygen atoms in total. The number of benzene rings is 1. The molecule has 30 heavy (non-hydrogen) atoms. The number of likely N-dealkylation sites (tertiary alicyclic amines) is 1. The fourth-order valence-electron chi connectivity index (χ4n) is 5.06. The molecule has 0 radical (unpaired) electrons. The fourth-order valence-corrected chi connectivity index (χ4v) is 5.86. The van der Waals surface area contributed by atoms with Crippen molar-refractivity contribution in [1.29, 1.82) is 0 Å². The van der Waals surface area contributed by atoms with Gasteiger partial charge in [0.2, 0.25) is 5.91 Å².